The molecule has 0 unspecified atom stereocenters. The van der Waals surface area contributed by atoms with Gasteiger partial charge in [0.2, 0.25) is 5.88 Å². The lowest BCUT2D eigenvalue weighted by atomic mass is 10.2. The van der Waals surface area contributed by atoms with Crippen molar-refractivity contribution in [1.82, 2.24) is 4.98 Å². The number of aromatic nitrogens is 1. The summed E-state index contributed by atoms with van der Waals surface area (Å²) in [6, 6.07) is 1.61. The Bertz CT molecular complexity index is 396. The van der Waals surface area contributed by atoms with Gasteiger partial charge in [0, 0.05) is 6.07 Å². The second-order valence-electron chi connectivity index (χ2n) is 3.64. The van der Waals surface area contributed by atoms with E-state index in [2.05, 4.69) is 10.7 Å². The molecule has 0 radical (unpaired) electrons. The number of pyridine rings is 1. The van der Waals surface area contributed by atoms with Gasteiger partial charge in [0.1, 0.15) is 12.6 Å². The van der Waals surface area contributed by atoms with Gasteiger partial charge in [0.05, 0.1) is 23.4 Å². The summed E-state index contributed by atoms with van der Waals surface area (Å²) in [5.74, 6) is -0.139. The Morgan fingerprint density at radius 3 is 2.94 bits per heavy atom. The van der Waals surface area contributed by atoms with E-state index in [1.165, 1.54) is 12.3 Å². The van der Waals surface area contributed by atoms with E-state index in [0.717, 1.165) is 0 Å². The first kappa shape index (κ1) is 13.7. The molecule has 0 aliphatic heterocycles. The lowest BCUT2D eigenvalue weighted by Crippen LogP contribution is -2.61. The van der Waals surface area contributed by atoms with Crippen LogP contribution in [0, 0.1) is 0 Å². The number of hydrogen-bond donors (Lipinski definition) is 1. The summed E-state index contributed by atoms with van der Waals surface area (Å²) >= 11 is 5.86. The van der Waals surface area contributed by atoms with Crippen molar-refractivity contribution in [2.24, 2.45) is 0 Å². The highest BCUT2D eigenvalue weighted by atomic mass is 35.5. The predicted molar refractivity (Wildman–Crippen MR) is 63.0 cm³/mol. The van der Waals surface area contributed by atoms with E-state index in [4.69, 9.17) is 21.1 Å². The molecule has 1 heterocycles. The standard InChI is InChI=1S/C11H15ClN2O3/c1-3-16-11(15)8-4-10(14-5-9(8)12)17-6-7(2)13/h4-5,7H,3,6,13H2,1-2H3/p+1/t7-/m0/s1. The van der Waals surface area contributed by atoms with Crippen LogP contribution < -0.4 is 10.5 Å². The smallest absolute Gasteiger partial charge is 0.339 e. The van der Waals surface area contributed by atoms with E-state index in [-0.39, 0.29) is 16.6 Å². The minimum absolute atomic E-state index is 0.138. The summed E-state index contributed by atoms with van der Waals surface area (Å²) < 4.78 is 10.2. The Labute approximate surface area is 105 Å². The third-order valence-corrected chi connectivity index (χ3v) is 2.14. The lowest BCUT2D eigenvalue weighted by Gasteiger charge is -2.08. The molecular weight excluding hydrogens is 244 g/mol. The molecule has 0 aliphatic rings. The van der Waals surface area contributed by atoms with Gasteiger partial charge >= 0.3 is 5.97 Å². The third kappa shape index (κ3) is 4.20. The highest BCUT2D eigenvalue weighted by Crippen LogP contribution is 2.20. The first-order valence-electron chi connectivity index (χ1n) is 5.33. The van der Waals surface area contributed by atoms with E-state index < -0.39 is 5.97 Å². The summed E-state index contributed by atoms with van der Waals surface area (Å²) in [7, 11) is 0. The molecule has 5 nitrogen and oxygen atoms in total. The molecule has 1 aromatic rings. The van der Waals surface area contributed by atoms with Gasteiger partial charge in [-0.05, 0) is 13.8 Å². The van der Waals surface area contributed by atoms with Gasteiger partial charge in [0.25, 0.3) is 0 Å². The highest BCUT2D eigenvalue weighted by Gasteiger charge is 2.14. The van der Waals surface area contributed by atoms with Crippen molar-refractivity contribution in [1.29, 1.82) is 0 Å². The summed E-state index contributed by atoms with van der Waals surface area (Å²) in [5, 5.41) is 0.249. The van der Waals surface area contributed by atoms with Gasteiger partial charge in [-0.2, -0.15) is 0 Å². The molecule has 0 saturated heterocycles. The number of carbonyl (C=O) groups is 1. The van der Waals surface area contributed by atoms with Crippen molar-refractivity contribution in [3.05, 3.63) is 22.8 Å². The number of rotatable bonds is 5. The average Bonchev–Trinajstić information content (AvgIpc) is 2.28. The molecule has 0 spiro atoms. The summed E-state index contributed by atoms with van der Waals surface area (Å²) in [6.45, 7) is 4.37. The third-order valence-electron chi connectivity index (χ3n) is 1.84. The Kier molecular flexibility index (Phi) is 5.18. The van der Waals surface area contributed by atoms with Crippen LogP contribution in [0.5, 0.6) is 5.88 Å². The van der Waals surface area contributed by atoms with Crippen LogP contribution in [0.4, 0.5) is 0 Å². The lowest BCUT2D eigenvalue weighted by molar-refractivity contribution is -0.417. The highest BCUT2D eigenvalue weighted by molar-refractivity contribution is 6.33. The van der Waals surface area contributed by atoms with Crippen molar-refractivity contribution < 1.29 is 20.0 Å². The normalized spacial score (nSPS) is 12.0. The fraction of sp³-hybridized carbons (Fsp3) is 0.455. The van der Waals surface area contributed by atoms with Gasteiger partial charge in [-0.25, -0.2) is 9.78 Å². The molecule has 0 aromatic carbocycles. The van der Waals surface area contributed by atoms with Crippen LogP contribution in [-0.2, 0) is 4.74 Å². The molecule has 1 aromatic heterocycles. The summed E-state index contributed by atoms with van der Waals surface area (Å²) in [4.78, 5) is 15.5. The first-order chi connectivity index (χ1) is 8.04. The van der Waals surface area contributed by atoms with Crippen molar-refractivity contribution in [3.8, 4) is 5.88 Å². The number of ether oxygens (including phenoxy) is 2. The number of quaternary nitrogens is 1. The molecule has 1 atom stereocenters. The van der Waals surface area contributed by atoms with Crippen molar-refractivity contribution in [2.75, 3.05) is 13.2 Å². The Morgan fingerprint density at radius 2 is 2.35 bits per heavy atom. The van der Waals surface area contributed by atoms with Crippen LogP contribution >= 0.6 is 11.6 Å². The van der Waals surface area contributed by atoms with Crippen LogP contribution in [0.3, 0.4) is 0 Å². The summed E-state index contributed by atoms with van der Waals surface area (Å²) in [6.07, 6.45) is 1.37. The molecule has 0 fully saturated rings. The number of esters is 1. The zero-order chi connectivity index (χ0) is 12.8. The van der Waals surface area contributed by atoms with E-state index >= 15 is 0 Å². The molecule has 0 amide bonds. The Morgan fingerprint density at radius 1 is 1.65 bits per heavy atom. The van der Waals surface area contributed by atoms with Crippen molar-refractivity contribution >= 4 is 17.6 Å². The predicted octanol–water partition coefficient (Wildman–Crippen LogP) is 0.921. The van der Waals surface area contributed by atoms with Crippen LogP contribution in [0.25, 0.3) is 0 Å². The zero-order valence-corrected chi connectivity index (χ0v) is 10.7. The van der Waals surface area contributed by atoms with E-state index in [0.29, 0.717) is 19.1 Å². The SMILES string of the molecule is CCOC(=O)c1cc(OC[C@H](C)[NH3+])ncc1Cl. The second-order valence-corrected chi connectivity index (χ2v) is 4.05. The van der Waals surface area contributed by atoms with Crippen LogP contribution in [0.2, 0.25) is 5.02 Å². The molecule has 0 aliphatic carbocycles. The molecule has 1 rings (SSSR count). The second kappa shape index (κ2) is 6.42. The maximum Gasteiger partial charge on any atom is 0.339 e. The zero-order valence-electron chi connectivity index (χ0n) is 9.90. The van der Waals surface area contributed by atoms with E-state index in [1.807, 2.05) is 6.92 Å². The van der Waals surface area contributed by atoms with Crippen LogP contribution in [0.1, 0.15) is 24.2 Å². The molecule has 17 heavy (non-hydrogen) atoms. The number of nitrogens with zero attached hydrogens (tertiary/aromatic N) is 1. The number of hydrogen-bond acceptors (Lipinski definition) is 4. The molecule has 94 valence electrons. The van der Waals surface area contributed by atoms with Crippen molar-refractivity contribution in [2.45, 2.75) is 19.9 Å². The average molecular weight is 260 g/mol. The minimum Gasteiger partial charge on any atom is -0.471 e. The molecular formula is C11H16ClN2O3+. The van der Waals surface area contributed by atoms with Gasteiger partial charge in [0.15, 0.2) is 0 Å². The number of carbonyl (C=O) groups excluding carboxylic acids is 1. The molecule has 3 N–H and O–H groups in total. The fourth-order valence-electron chi connectivity index (χ4n) is 1.09. The van der Waals surface area contributed by atoms with Gasteiger partial charge in [-0.15, -0.1) is 0 Å². The van der Waals surface area contributed by atoms with Crippen LogP contribution in [-0.4, -0.2) is 30.2 Å². The van der Waals surface area contributed by atoms with Gasteiger partial charge < -0.3 is 15.2 Å². The number of halogens is 1. The minimum atomic E-state index is -0.479. The largest absolute Gasteiger partial charge is 0.471 e. The Hall–Kier alpha value is -1.33. The first-order valence-corrected chi connectivity index (χ1v) is 5.71. The Balaban J connectivity index is 2.82. The van der Waals surface area contributed by atoms with E-state index in [9.17, 15) is 4.79 Å². The maximum atomic E-state index is 11.6. The van der Waals surface area contributed by atoms with Gasteiger partial charge in [-0.3, -0.25) is 0 Å². The van der Waals surface area contributed by atoms with Crippen LogP contribution in [0.15, 0.2) is 12.3 Å². The molecule has 0 saturated carbocycles. The fourth-order valence-corrected chi connectivity index (χ4v) is 1.27. The molecule has 0 bridgehead atoms. The molecule has 6 heteroatoms. The monoisotopic (exact) mass is 259 g/mol. The maximum absolute atomic E-state index is 11.6. The van der Waals surface area contributed by atoms with E-state index in [1.54, 1.807) is 6.92 Å². The quantitative estimate of drug-likeness (QED) is 0.798. The van der Waals surface area contributed by atoms with Crippen molar-refractivity contribution in [3.63, 3.8) is 0 Å². The summed E-state index contributed by atoms with van der Waals surface area (Å²) in [5.41, 5.74) is 4.05. The van der Waals surface area contributed by atoms with Gasteiger partial charge in [-0.1, -0.05) is 11.6 Å². The topological polar surface area (TPSA) is 76.1 Å².